The molecule has 0 aromatic rings. The number of rotatable bonds is 43. The number of esters is 1. The number of carbonyl (C=O) groups is 8. The Bertz CT molecular complexity index is 1350. The fourth-order valence-electron chi connectivity index (χ4n) is 4.47. The van der Waals surface area contributed by atoms with Gasteiger partial charge in [-0.15, -0.1) is 0 Å². The van der Waals surface area contributed by atoms with Gasteiger partial charge in [-0.2, -0.15) is 0 Å². The molecule has 64 heavy (non-hydrogen) atoms. The molecule has 370 valence electrons. The molecule has 0 radical (unpaired) electrons. The van der Waals surface area contributed by atoms with Crippen molar-refractivity contribution in [3.63, 3.8) is 0 Å². The minimum Gasteiger partial charge on any atom is -0.481 e. The van der Waals surface area contributed by atoms with Crippen LogP contribution in [0.3, 0.4) is 0 Å². The predicted octanol–water partition coefficient (Wildman–Crippen LogP) is -2.01. The Labute approximate surface area is 381 Å². The zero-order valence-corrected chi connectivity index (χ0v) is 38.6. The maximum absolute atomic E-state index is 13.5. The van der Waals surface area contributed by atoms with E-state index in [1.165, 1.54) is 24.6 Å². The molecule has 0 aliphatic carbocycles. The average Bonchev–Trinajstić information content (AvgIpc) is 3.25. The molecule has 0 saturated heterocycles. The van der Waals surface area contributed by atoms with Gasteiger partial charge in [0.15, 0.2) is 0 Å². The predicted molar refractivity (Wildman–Crippen MR) is 230 cm³/mol. The van der Waals surface area contributed by atoms with Crippen molar-refractivity contribution in [2.45, 2.75) is 51.2 Å². The van der Waals surface area contributed by atoms with Crippen LogP contribution < -0.4 is 26.6 Å². The van der Waals surface area contributed by atoms with Gasteiger partial charge < -0.3 is 79.4 Å². The molecular formula is C38H67N5O19S2. The van der Waals surface area contributed by atoms with Gasteiger partial charge in [0.2, 0.25) is 29.5 Å². The topological polar surface area (TPSA) is 320 Å². The molecule has 0 spiro atoms. The molecule has 0 rings (SSSR count). The van der Waals surface area contributed by atoms with E-state index in [2.05, 4.69) is 26.6 Å². The highest BCUT2D eigenvalue weighted by molar-refractivity contribution is 8.76. The van der Waals surface area contributed by atoms with Gasteiger partial charge in [-0.25, -0.2) is 4.79 Å². The highest BCUT2D eigenvalue weighted by atomic mass is 33.1. The standard InChI is InChI=1S/C38H67N5O19S2/c1-27(24-39-32(45)5-7-56-13-15-60-19-17-58-11-9-54-3)35(49)41-29(23-34(47)48)36(50)42-30(37(51)43-31(38(52)53)26-64-63-22-21-62-28(2)44)25-40-33(46)6-8-57-14-16-61-20-18-59-12-10-55-4/h27,29-31H,5-26H2,1-4H3,(H,39,45)(H,40,46)(H,41,49)(H,42,50)(H,43,51)(H,47,48)(H,52,53)/t27-,29-,30-,31?/m0/s1. The monoisotopic (exact) mass is 961 g/mol. The summed E-state index contributed by atoms with van der Waals surface area (Å²) in [5.41, 5.74) is 0. The highest BCUT2D eigenvalue weighted by Gasteiger charge is 2.32. The van der Waals surface area contributed by atoms with E-state index in [1.54, 1.807) is 14.2 Å². The summed E-state index contributed by atoms with van der Waals surface area (Å²) in [5, 5.41) is 31.3. The van der Waals surface area contributed by atoms with E-state index in [9.17, 15) is 48.6 Å². The molecule has 26 heteroatoms. The van der Waals surface area contributed by atoms with Crippen molar-refractivity contribution >= 4 is 69.0 Å². The number of ether oxygens (including phenoxy) is 9. The van der Waals surface area contributed by atoms with Crippen LogP contribution in [0, 0.1) is 5.92 Å². The van der Waals surface area contributed by atoms with E-state index >= 15 is 0 Å². The van der Waals surface area contributed by atoms with Gasteiger partial charge >= 0.3 is 17.9 Å². The third-order valence-corrected chi connectivity index (χ3v) is 10.3. The van der Waals surface area contributed by atoms with Gasteiger partial charge in [-0.3, -0.25) is 33.6 Å². The molecule has 1 unspecified atom stereocenters. The number of methoxy groups -OCH3 is 2. The molecule has 0 saturated carbocycles. The van der Waals surface area contributed by atoms with Crippen molar-refractivity contribution in [2.24, 2.45) is 5.92 Å². The Morgan fingerprint density at radius 1 is 0.516 bits per heavy atom. The summed E-state index contributed by atoms with van der Waals surface area (Å²) < 4.78 is 46.6. The third kappa shape index (κ3) is 35.5. The molecule has 0 aromatic heterocycles. The summed E-state index contributed by atoms with van der Waals surface area (Å²) in [4.78, 5) is 99.8. The molecule has 0 aromatic carbocycles. The summed E-state index contributed by atoms with van der Waals surface area (Å²) in [6, 6.07) is -4.85. The maximum Gasteiger partial charge on any atom is 0.327 e. The number of amides is 5. The van der Waals surface area contributed by atoms with Gasteiger partial charge in [0, 0.05) is 58.6 Å². The summed E-state index contributed by atoms with van der Waals surface area (Å²) in [7, 11) is 5.39. The summed E-state index contributed by atoms with van der Waals surface area (Å²) in [5.74, 6) is -8.14. The largest absolute Gasteiger partial charge is 0.481 e. The molecule has 5 amide bonds. The Balaban J connectivity index is 5.34. The SMILES string of the molecule is COCCOCCOCCOCCC(=O)NC[C@H](NC(=O)[C@H](CC(=O)O)NC(=O)[C@@H](C)CNC(=O)CCOCCOCCOCCOC)C(=O)NC(CSSCCOC(C)=O)C(=O)O. The summed E-state index contributed by atoms with van der Waals surface area (Å²) >= 11 is 0. The smallest absolute Gasteiger partial charge is 0.327 e. The van der Waals surface area contributed by atoms with E-state index in [0.29, 0.717) is 65.2 Å². The number of carboxylic acids is 2. The van der Waals surface area contributed by atoms with Crippen LogP contribution in [0.1, 0.15) is 33.1 Å². The van der Waals surface area contributed by atoms with Crippen LogP contribution >= 0.6 is 21.6 Å². The third-order valence-electron chi connectivity index (χ3n) is 7.90. The van der Waals surface area contributed by atoms with E-state index in [-0.39, 0.29) is 64.8 Å². The number of carboxylic acid groups (broad SMARTS) is 2. The first-order chi connectivity index (χ1) is 30.7. The molecule has 0 aliphatic heterocycles. The molecule has 7 N–H and O–H groups in total. The van der Waals surface area contributed by atoms with Crippen LogP contribution in [-0.4, -0.2) is 214 Å². The van der Waals surface area contributed by atoms with Crippen molar-refractivity contribution in [2.75, 3.05) is 138 Å². The highest BCUT2D eigenvalue weighted by Crippen LogP contribution is 2.22. The van der Waals surface area contributed by atoms with Crippen molar-refractivity contribution in [1.29, 1.82) is 0 Å². The van der Waals surface area contributed by atoms with Crippen molar-refractivity contribution < 1.29 is 91.2 Å². The van der Waals surface area contributed by atoms with Gasteiger partial charge in [-0.1, -0.05) is 28.5 Å². The van der Waals surface area contributed by atoms with Crippen molar-refractivity contribution in [1.82, 2.24) is 26.6 Å². The zero-order valence-electron chi connectivity index (χ0n) is 37.0. The first-order valence-electron chi connectivity index (χ1n) is 20.4. The summed E-state index contributed by atoms with van der Waals surface area (Å²) in [6.07, 6.45) is -1.11. The second kappa shape index (κ2) is 40.6. The molecule has 0 fully saturated rings. The number of hydrogen-bond acceptors (Lipinski definition) is 19. The second-order valence-corrected chi connectivity index (χ2v) is 15.9. The van der Waals surface area contributed by atoms with Crippen molar-refractivity contribution in [3.8, 4) is 0 Å². The minimum atomic E-state index is -1.73. The quantitative estimate of drug-likeness (QED) is 0.0197. The number of nitrogens with one attached hydrogen (secondary N) is 5. The molecule has 0 aliphatic rings. The van der Waals surface area contributed by atoms with Crippen LogP contribution in [0.5, 0.6) is 0 Å². The summed E-state index contributed by atoms with van der Waals surface area (Å²) in [6.45, 7) is 6.30. The molecular weight excluding hydrogens is 895 g/mol. The first kappa shape index (κ1) is 60.1. The Hall–Kier alpha value is -3.86. The van der Waals surface area contributed by atoms with E-state index in [1.807, 2.05) is 0 Å². The number of hydrogen-bond donors (Lipinski definition) is 7. The molecule has 4 atom stereocenters. The van der Waals surface area contributed by atoms with E-state index in [0.717, 1.165) is 10.8 Å². The fraction of sp³-hybridized carbons (Fsp3) is 0.789. The minimum absolute atomic E-state index is 0.0245. The van der Waals surface area contributed by atoms with Crippen LogP contribution in [0.4, 0.5) is 0 Å². The van der Waals surface area contributed by atoms with E-state index < -0.39 is 84.5 Å². The maximum atomic E-state index is 13.5. The van der Waals surface area contributed by atoms with E-state index in [4.69, 9.17) is 42.6 Å². The zero-order chi connectivity index (χ0) is 47.8. The lowest BCUT2D eigenvalue weighted by molar-refractivity contribution is -0.143. The normalized spacial score (nSPS) is 12.9. The lowest BCUT2D eigenvalue weighted by Crippen LogP contribution is -2.59. The van der Waals surface area contributed by atoms with Gasteiger partial charge in [0.25, 0.3) is 0 Å². The number of aliphatic carboxylic acids is 2. The van der Waals surface area contributed by atoms with Crippen molar-refractivity contribution in [3.05, 3.63) is 0 Å². The lowest BCUT2D eigenvalue weighted by atomic mass is 10.1. The molecule has 0 heterocycles. The van der Waals surface area contributed by atoms with Crippen LogP contribution in [0.2, 0.25) is 0 Å². The lowest BCUT2D eigenvalue weighted by Gasteiger charge is -2.25. The fourth-order valence-corrected chi connectivity index (χ4v) is 6.45. The number of carbonyl (C=O) groups excluding carboxylic acids is 6. The van der Waals surface area contributed by atoms with Gasteiger partial charge in [0.1, 0.15) is 24.7 Å². The van der Waals surface area contributed by atoms with Gasteiger partial charge in [-0.05, 0) is 0 Å². The van der Waals surface area contributed by atoms with Crippen LogP contribution in [0.15, 0.2) is 0 Å². The Kier molecular flexibility index (Phi) is 38.2. The second-order valence-electron chi connectivity index (χ2n) is 13.2. The average molecular weight is 962 g/mol. The molecule has 0 bridgehead atoms. The van der Waals surface area contributed by atoms with Crippen LogP contribution in [-0.2, 0) is 81.0 Å². The Morgan fingerprint density at radius 2 is 0.938 bits per heavy atom. The van der Waals surface area contributed by atoms with Gasteiger partial charge in [0.05, 0.1) is 105 Å². The first-order valence-corrected chi connectivity index (χ1v) is 22.9. The van der Waals surface area contributed by atoms with Crippen LogP contribution in [0.25, 0.3) is 0 Å². The Morgan fingerprint density at radius 3 is 1.39 bits per heavy atom. The molecule has 24 nitrogen and oxygen atoms in total.